The second-order valence-electron chi connectivity index (χ2n) is 9.02. The number of nitrogens with zero attached hydrogens (tertiary/aromatic N) is 4. The maximum atomic E-state index is 13.0. The molecule has 2 aromatic rings. The van der Waals surface area contributed by atoms with Gasteiger partial charge in [0.2, 0.25) is 6.79 Å². The first-order chi connectivity index (χ1) is 17.0. The molecular formula is C25H22N4O6. The highest BCUT2D eigenvalue weighted by Crippen LogP contribution is 2.50. The Morgan fingerprint density at radius 1 is 1.14 bits per heavy atom. The zero-order valence-corrected chi connectivity index (χ0v) is 18.9. The molecule has 0 unspecified atom stereocenters. The van der Waals surface area contributed by atoms with E-state index in [1.807, 2.05) is 18.2 Å². The number of fused-ring (bicyclic) bond motifs is 3. The van der Waals surface area contributed by atoms with E-state index in [0.717, 1.165) is 30.6 Å². The fourth-order valence-corrected chi connectivity index (χ4v) is 5.65. The maximum absolute atomic E-state index is 13.0. The van der Waals surface area contributed by atoms with Crippen LogP contribution in [0.15, 0.2) is 53.2 Å². The van der Waals surface area contributed by atoms with E-state index in [1.54, 1.807) is 24.3 Å². The predicted octanol–water partition coefficient (Wildman–Crippen LogP) is 4.13. The van der Waals surface area contributed by atoms with Crippen LogP contribution in [-0.2, 0) is 20.8 Å². The Morgan fingerprint density at radius 3 is 2.66 bits per heavy atom. The molecule has 10 heteroatoms. The van der Waals surface area contributed by atoms with Crippen molar-refractivity contribution in [3.05, 3.63) is 75.2 Å². The molecule has 178 valence electrons. The molecule has 0 amide bonds. The smallest absolute Gasteiger partial charge is 0.338 e. The van der Waals surface area contributed by atoms with Crippen LogP contribution in [0.25, 0.3) is 10.4 Å². The zero-order valence-electron chi connectivity index (χ0n) is 18.9. The van der Waals surface area contributed by atoms with Gasteiger partial charge in [0, 0.05) is 42.6 Å². The largest absolute Gasteiger partial charge is 0.458 e. The van der Waals surface area contributed by atoms with E-state index in [4.69, 9.17) is 24.5 Å². The van der Waals surface area contributed by atoms with Crippen molar-refractivity contribution in [1.82, 2.24) is 4.90 Å². The quantitative estimate of drug-likeness (QED) is 0.215. The molecule has 4 atom stereocenters. The van der Waals surface area contributed by atoms with E-state index in [9.17, 15) is 9.59 Å². The van der Waals surface area contributed by atoms with Crippen LogP contribution in [0.4, 0.5) is 5.69 Å². The van der Waals surface area contributed by atoms with Gasteiger partial charge in [-0.15, -0.1) is 0 Å². The maximum Gasteiger partial charge on any atom is 0.338 e. The van der Waals surface area contributed by atoms with Crippen molar-refractivity contribution in [3.8, 4) is 11.5 Å². The Balaban J connectivity index is 1.37. The highest BCUT2D eigenvalue weighted by atomic mass is 16.7. The van der Waals surface area contributed by atoms with Crippen molar-refractivity contribution >= 4 is 17.6 Å². The summed E-state index contributed by atoms with van der Waals surface area (Å²) in [5, 5.41) is 3.52. The van der Waals surface area contributed by atoms with Gasteiger partial charge >= 0.3 is 11.9 Å². The van der Waals surface area contributed by atoms with E-state index >= 15 is 0 Å². The monoisotopic (exact) mass is 474 g/mol. The number of hydrogen-bond acceptors (Lipinski definition) is 8. The minimum atomic E-state index is -0.754. The number of ether oxygens (including phenoxy) is 4. The molecule has 0 radical (unpaired) electrons. The standard InChI is InChI=1S/C25H22N4O6/c1-13(30)34-24-21(35-25(31)14-2-4-17(5-3-14)27-28-26)8-15-6-7-29-11-16-9-19-20(33-12-32-19)10-18(16)22(24)23(15)29/h2-5,8-10,21-24H,6-7,11-12H2,1H3/t21-,22-,23+,24+/m0/s1. The van der Waals surface area contributed by atoms with Crippen molar-refractivity contribution in [2.45, 2.75) is 44.1 Å². The average molecular weight is 474 g/mol. The van der Waals surface area contributed by atoms with Crippen molar-refractivity contribution in [1.29, 1.82) is 0 Å². The lowest BCUT2D eigenvalue weighted by molar-refractivity contribution is -0.154. The van der Waals surface area contributed by atoms with Gasteiger partial charge in [-0.25, -0.2) is 4.79 Å². The summed E-state index contributed by atoms with van der Waals surface area (Å²) < 4.78 is 23.0. The molecule has 35 heavy (non-hydrogen) atoms. The third kappa shape index (κ3) is 3.67. The number of hydrogen-bond donors (Lipinski definition) is 0. The van der Waals surface area contributed by atoms with E-state index in [1.165, 1.54) is 12.5 Å². The first kappa shape index (κ1) is 21.5. The molecule has 3 aliphatic heterocycles. The molecule has 1 saturated heterocycles. The van der Waals surface area contributed by atoms with Crippen LogP contribution in [0.1, 0.15) is 40.7 Å². The third-order valence-corrected chi connectivity index (χ3v) is 7.03. The number of esters is 2. The van der Waals surface area contributed by atoms with Gasteiger partial charge in [0.05, 0.1) is 5.56 Å². The Kier molecular flexibility index (Phi) is 5.12. The molecule has 0 aromatic heterocycles. The minimum Gasteiger partial charge on any atom is -0.458 e. The fourth-order valence-electron chi connectivity index (χ4n) is 5.65. The summed E-state index contributed by atoms with van der Waals surface area (Å²) in [4.78, 5) is 30.3. The second-order valence-corrected chi connectivity index (χ2v) is 9.02. The molecule has 2 aromatic carbocycles. The van der Waals surface area contributed by atoms with Crippen LogP contribution in [0.3, 0.4) is 0 Å². The van der Waals surface area contributed by atoms with Gasteiger partial charge in [-0.3, -0.25) is 9.69 Å². The molecule has 1 aliphatic carbocycles. The molecular weight excluding hydrogens is 452 g/mol. The van der Waals surface area contributed by atoms with Crippen LogP contribution >= 0.6 is 0 Å². The van der Waals surface area contributed by atoms with Crippen molar-refractivity contribution in [2.75, 3.05) is 13.3 Å². The van der Waals surface area contributed by atoms with Crippen LogP contribution in [-0.4, -0.2) is 48.4 Å². The van der Waals surface area contributed by atoms with E-state index < -0.39 is 24.1 Å². The number of azide groups is 1. The fraction of sp³-hybridized carbons (Fsp3) is 0.360. The first-order valence-corrected chi connectivity index (χ1v) is 11.4. The summed E-state index contributed by atoms with van der Waals surface area (Å²) in [6.45, 7) is 3.17. The minimum absolute atomic E-state index is 0.0605. The first-order valence-electron chi connectivity index (χ1n) is 11.4. The van der Waals surface area contributed by atoms with Gasteiger partial charge in [0.1, 0.15) is 0 Å². The predicted molar refractivity (Wildman–Crippen MR) is 122 cm³/mol. The summed E-state index contributed by atoms with van der Waals surface area (Å²) in [5.41, 5.74) is 12.6. The SMILES string of the molecule is CC(=O)O[C@H]1[C@H]2c3cc4c(cc3CN3CCC(=C[C@@H]1OC(=O)c1ccc(N=[N+]=[N-])cc1)[C@H]23)OCO4. The van der Waals surface area contributed by atoms with Gasteiger partial charge in [-0.05, 0) is 53.4 Å². The molecule has 6 rings (SSSR count). The molecule has 0 N–H and O–H groups in total. The second kappa shape index (κ2) is 8.33. The number of benzene rings is 2. The highest BCUT2D eigenvalue weighted by Gasteiger charge is 2.52. The summed E-state index contributed by atoms with van der Waals surface area (Å²) in [6, 6.07) is 10.2. The zero-order chi connectivity index (χ0) is 24.1. The molecule has 10 nitrogen and oxygen atoms in total. The van der Waals surface area contributed by atoms with Gasteiger partial charge < -0.3 is 18.9 Å². The Bertz CT molecular complexity index is 1300. The Morgan fingerprint density at radius 2 is 1.91 bits per heavy atom. The average Bonchev–Trinajstić information content (AvgIpc) is 3.46. The van der Waals surface area contributed by atoms with Crippen LogP contribution < -0.4 is 9.47 Å². The molecule has 0 spiro atoms. The van der Waals surface area contributed by atoms with Crippen LogP contribution in [0.5, 0.6) is 11.5 Å². The highest BCUT2D eigenvalue weighted by molar-refractivity contribution is 5.90. The Labute approximate surface area is 200 Å². The normalized spacial score (nSPS) is 25.6. The van der Waals surface area contributed by atoms with E-state index in [2.05, 4.69) is 14.9 Å². The molecule has 4 aliphatic rings. The van der Waals surface area contributed by atoms with Crippen molar-refractivity contribution < 1.29 is 28.5 Å². The van der Waals surface area contributed by atoms with E-state index in [-0.39, 0.29) is 18.8 Å². The third-order valence-electron chi connectivity index (χ3n) is 7.03. The van der Waals surface area contributed by atoms with Crippen LogP contribution in [0, 0.1) is 0 Å². The molecule has 0 bridgehead atoms. The topological polar surface area (TPSA) is 123 Å². The number of carbonyl (C=O) groups excluding carboxylic acids is 2. The summed E-state index contributed by atoms with van der Waals surface area (Å²) >= 11 is 0. The lowest BCUT2D eigenvalue weighted by Gasteiger charge is -2.46. The van der Waals surface area contributed by atoms with Gasteiger partial charge in [-0.1, -0.05) is 22.8 Å². The Hall–Kier alpha value is -4.01. The van der Waals surface area contributed by atoms with Gasteiger partial charge in [0.25, 0.3) is 0 Å². The lowest BCUT2D eigenvalue weighted by atomic mass is 9.73. The molecule has 1 fully saturated rings. The lowest BCUT2D eigenvalue weighted by Crippen LogP contribution is -2.52. The number of carbonyl (C=O) groups is 2. The van der Waals surface area contributed by atoms with Crippen molar-refractivity contribution in [3.63, 3.8) is 0 Å². The van der Waals surface area contributed by atoms with Crippen LogP contribution in [0.2, 0.25) is 0 Å². The summed E-state index contributed by atoms with van der Waals surface area (Å²) in [6.07, 6.45) is 1.34. The summed E-state index contributed by atoms with van der Waals surface area (Å²) in [5.74, 6) is 0.172. The molecule has 0 saturated carbocycles. The van der Waals surface area contributed by atoms with Gasteiger partial charge in [0.15, 0.2) is 23.7 Å². The van der Waals surface area contributed by atoms with Crippen molar-refractivity contribution in [2.24, 2.45) is 5.11 Å². The van der Waals surface area contributed by atoms with E-state index in [0.29, 0.717) is 22.7 Å². The summed E-state index contributed by atoms with van der Waals surface area (Å²) in [7, 11) is 0. The molecule has 3 heterocycles. The number of rotatable bonds is 4. The van der Waals surface area contributed by atoms with Gasteiger partial charge in [-0.2, -0.15) is 0 Å².